The van der Waals surface area contributed by atoms with E-state index in [0.29, 0.717) is 18.1 Å². The van der Waals surface area contributed by atoms with Gasteiger partial charge in [0.1, 0.15) is 5.75 Å². The standard InChI is InChI=1S/C19H23ClN2O2/c1-14(17-6-4-5-7-18(17)20)21-19(23)13-22(2)12-15-8-10-16(24-3)11-9-15/h4-11,14H,12-13H2,1-3H3,(H,21,23)/t14-/m0/s1. The van der Waals surface area contributed by atoms with Crippen molar-refractivity contribution in [3.63, 3.8) is 0 Å². The molecule has 0 aliphatic heterocycles. The number of rotatable bonds is 7. The normalized spacial score (nSPS) is 12.0. The van der Waals surface area contributed by atoms with Gasteiger partial charge in [-0.3, -0.25) is 9.69 Å². The van der Waals surface area contributed by atoms with Gasteiger partial charge in [0, 0.05) is 11.6 Å². The number of nitrogens with zero attached hydrogens (tertiary/aromatic N) is 1. The summed E-state index contributed by atoms with van der Waals surface area (Å²) in [5.74, 6) is 0.797. The van der Waals surface area contributed by atoms with E-state index >= 15 is 0 Å². The summed E-state index contributed by atoms with van der Waals surface area (Å²) in [6.45, 7) is 2.95. The lowest BCUT2D eigenvalue weighted by atomic mass is 10.1. The van der Waals surface area contributed by atoms with Crippen LogP contribution in [-0.4, -0.2) is 31.5 Å². The van der Waals surface area contributed by atoms with Crippen LogP contribution in [-0.2, 0) is 11.3 Å². The monoisotopic (exact) mass is 346 g/mol. The number of ether oxygens (including phenoxy) is 1. The third kappa shape index (κ3) is 5.25. The molecule has 0 fully saturated rings. The molecule has 0 heterocycles. The van der Waals surface area contributed by atoms with Crippen LogP contribution in [0, 0.1) is 0 Å². The van der Waals surface area contributed by atoms with Gasteiger partial charge >= 0.3 is 0 Å². The fourth-order valence-corrected chi connectivity index (χ4v) is 2.83. The molecule has 2 aromatic rings. The van der Waals surface area contributed by atoms with Gasteiger partial charge in [0.15, 0.2) is 0 Å². The van der Waals surface area contributed by atoms with Crippen molar-refractivity contribution in [2.75, 3.05) is 20.7 Å². The number of methoxy groups -OCH3 is 1. The number of benzene rings is 2. The highest BCUT2D eigenvalue weighted by atomic mass is 35.5. The molecule has 24 heavy (non-hydrogen) atoms. The molecule has 2 aromatic carbocycles. The molecule has 0 aliphatic rings. The van der Waals surface area contributed by atoms with E-state index in [-0.39, 0.29) is 11.9 Å². The maximum Gasteiger partial charge on any atom is 0.234 e. The van der Waals surface area contributed by atoms with Crippen LogP contribution in [0.1, 0.15) is 24.1 Å². The Bertz CT molecular complexity index is 673. The molecule has 0 aliphatic carbocycles. The van der Waals surface area contributed by atoms with E-state index in [9.17, 15) is 4.79 Å². The van der Waals surface area contributed by atoms with Crippen molar-refractivity contribution >= 4 is 17.5 Å². The third-order valence-corrected chi connectivity index (χ3v) is 4.12. The highest BCUT2D eigenvalue weighted by molar-refractivity contribution is 6.31. The molecule has 0 radical (unpaired) electrons. The van der Waals surface area contributed by atoms with Crippen molar-refractivity contribution in [1.82, 2.24) is 10.2 Å². The predicted molar refractivity (Wildman–Crippen MR) is 97.3 cm³/mol. The smallest absolute Gasteiger partial charge is 0.234 e. The molecule has 2 rings (SSSR count). The summed E-state index contributed by atoms with van der Waals surface area (Å²) in [7, 11) is 3.57. The largest absolute Gasteiger partial charge is 0.497 e. The van der Waals surface area contributed by atoms with Gasteiger partial charge in [-0.25, -0.2) is 0 Å². The van der Waals surface area contributed by atoms with Crippen molar-refractivity contribution in [1.29, 1.82) is 0 Å². The number of amides is 1. The average molecular weight is 347 g/mol. The molecule has 0 unspecified atom stereocenters. The molecule has 0 bridgehead atoms. The van der Waals surface area contributed by atoms with Crippen LogP contribution < -0.4 is 10.1 Å². The van der Waals surface area contributed by atoms with Crippen molar-refractivity contribution in [2.45, 2.75) is 19.5 Å². The minimum absolute atomic E-state index is 0.0292. The first-order valence-corrected chi connectivity index (χ1v) is 8.22. The van der Waals surface area contributed by atoms with E-state index in [0.717, 1.165) is 16.9 Å². The Labute approximate surface area is 148 Å². The highest BCUT2D eigenvalue weighted by Gasteiger charge is 2.13. The minimum Gasteiger partial charge on any atom is -0.497 e. The molecule has 1 atom stereocenters. The molecule has 128 valence electrons. The van der Waals surface area contributed by atoms with Crippen LogP contribution in [0.2, 0.25) is 5.02 Å². The topological polar surface area (TPSA) is 41.6 Å². The second-order valence-electron chi connectivity index (χ2n) is 5.83. The summed E-state index contributed by atoms with van der Waals surface area (Å²) in [5, 5.41) is 3.65. The second kappa shape index (κ2) is 8.71. The van der Waals surface area contributed by atoms with Crippen molar-refractivity contribution < 1.29 is 9.53 Å². The number of likely N-dealkylation sites (N-methyl/N-ethyl adjacent to an activating group) is 1. The van der Waals surface area contributed by atoms with Gasteiger partial charge < -0.3 is 10.1 Å². The molecule has 4 nitrogen and oxygen atoms in total. The zero-order chi connectivity index (χ0) is 17.5. The van der Waals surface area contributed by atoms with Crippen LogP contribution in [0.3, 0.4) is 0 Å². The van der Waals surface area contributed by atoms with Crippen molar-refractivity contribution in [3.8, 4) is 5.75 Å². The van der Waals surface area contributed by atoms with Crippen LogP contribution in [0.15, 0.2) is 48.5 Å². The van der Waals surface area contributed by atoms with E-state index in [1.54, 1.807) is 7.11 Å². The number of carbonyl (C=O) groups is 1. The van der Waals surface area contributed by atoms with Gasteiger partial charge in [-0.2, -0.15) is 0 Å². The molecule has 1 amide bonds. The van der Waals surface area contributed by atoms with E-state index in [2.05, 4.69) is 5.32 Å². The minimum atomic E-state index is -0.124. The molecular formula is C19H23ClN2O2. The first-order valence-electron chi connectivity index (χ1n) is 7.85. The zero-order valence-electron chi connectivity index (χ0n) is 14.3. The fourth-order valence-electron chi connectivity index (χ4n) is 2.53. The van der Waals surface area contributed by atoms with Crippen LogP contribution in [0.5, 0.6) is 5.75 Å². The predicted octanol–water partition coefficient (Wildman–Crippen LogP) is 3.66. The molecule has 0 saturated heterocycles. The van der Waals surface area contributed by atoms with Gasteiger partial charge in [0.2, 0.25) is 5.91 Å². The number of hydrogen-bond donors (Lipinski definition) is 1. The average Bonchev–Trinajstić information content (AvgIpc) is 2.55. The Balaban J connectivity index is 1.85. The van der Waals surface area contributed by atoms with E-state index in [1.807, 2.05) is 67.4 Å². The van der Waals surface area contributed by atoms with Gasteiger partial charge in [0.25, 0.3) is 0 Å². The SMILES string of the molecule is COc1ccc(CN(C)CC(=O)N[C@@H](C)c2ccccc2Cl)cc1. The summed E-state index contributed by atoms with van der Waals surface area (Å²) >= 11 is 6.17. The summed E-state index contributed by atoms with van der Waals surface area (Å²) in [4.78, 5) is 14.2. The van der Waals surface area contributed by atoms with Crippen molar-refractivity contribution in [3.05, 3.63) is 64.7 Å². The molecule has 5 heteroatoms. The van der Waals surface area contributed by atoms with Crippen molar-refractivity contribution in [2.24, 2.45) is 0 Å². The number of nitrogens with one attached hydrogen (secondary N) is 1. The van der Waals surface area contributed by atoms with Gasteiger partial charge in [-0.1, -0.05) is 41.9 Å². The third-order valence-electron chi connectivity index (χ3n) is 3.77. The Kier molecular flexibility index (Phi) is 6.64. The second-order valence-corrected chi connectivity index (χ2v) is 6.24. The maximum atomic E-state index is 12.2. The number of halogens is 1. The van der Waals surface area contributed by atoms with E-state index in [4.69, 9.17) is 16.3 Å². The van der Waals surface area contributed by atoms with Gasteiger partial charge in [0.05, 0.1) is 19.7 Å². The molecule has 0 spiro atoms. The summed E-state index contributed by atoms with van der Waals surface area (Å²) in [6.07, 6.45) is 0. The Morgan fingerprint density at radius 3 is 2.50 bits per heavy atom. The van der Waals surface area contributed by atoms with Gasteiger partial charge in [-0.05, 0) is 43.3 Å². The molecule has 0 saturated carbocycles. The lowest BCUT2D eigenvalue weighted by Crippen LogP contribution is -2.36. The lowest BCUT2D eigenvalue weighted by molar-refractivity contribution is -0.122. The Morgan fingerprint density at radius 1 is 1.21 bits per heavy atom. The van der Waals surface area contributed by atoms with Crippen LogP contribution in [0.4, 0.5) is 0 Å². The van der Waals surface area contributed by atoms with Crippen LogP contribution in [0.25, 0.3) is 0 Å². The quantitative estimate of drug-likeness (QED) is 0.832. The Hall–Kier alpha value is -2.04. The molecular weight excluding hydrogens is 324 g/mol. The van der Waals surface area contributed by atoms with Gasteiger partial charge in [-0.15, -0.1) is 0 Å². The maximum absolute atomic E-state index is 12.2. The number of hydrogen-bond acceptors (Lipinski definition) is 3. The molecule has 0 aromatic heterocycles. The number of carbonyl (C=O) groups excluding carboxylic acids is 1. The Morgan fingerprint density at radius 2 is 1.88 bits per heavy atom. The summed E-state index contributed by atoms with van der Waals surface area (Å²) in [6, 6.07) is 15.3. The lowest BCUT2D eigenvalue weighted by Gasteiger charge is -2.20. The molecule has 1 N–H and O–H groups in total. The van der Waals surface area contributed by atoms with Crippen LogP contribution >= 0.6 is 11.6 Å². The fraction of sp³-hybridized carbons (Fsp3) is 0.316. The highest BCUT2D eigenvalue weighted by Crippen LogP contribution is 2.22. The first-order chi connectivity index (χ1) is 11.5. The van der Waals surface area contributed by atoms with E-state index < -0.39 is 0 Å². The summed E-state index contributed by atoms with van der Waals surface area (Å²) in [5.41, 5.74) is 2.05. The summed E-state index contributed by atoms with van der Waals surface area (Å²) < 4.78 is 5.15. The zero-order valence-corrected chi connectivity index (χ0v) is 15.0. The first kappa shape index (κ1) is 18.3. The van der Waals surface area contributed by atoms with E-state index in [1.165, 1.54) is 0 Å².